The van der Waals surface area contributed by atoms with Crippen molar-refractivity contribution in [2.75, 3.05) is 0 Å². The average molecular weight is 261 g/mol. The topological polar surface area (TPSA) is 12.0 Å². The van der Waals surface area contributed by atoms with Crippen molar-refractivity contribution in [3.63, 3.8) is 0 Å². The average Bonchev–Trinajstić information content (AvgIpc) is 3.06. The summed E-state index contributed by atoms with van der Waals surface area (Å²) in [7, 11) is 0. The smallest absolute Gasteiger partial charge is 0.0445 e. The summed E-state index contributed by atoms with van der Waals surface area (Å²) >= 11 is 1.87. The minimum atomic E-state index is 0.461. The number of thiophene rings is 1. The zero-order valence-electron chi connectivity index (χ0n) is 11.2. The molecule has 1 aliphatic carbocycles. The van der Waals surface area contributed by atoms with E-state index < -0.39 is 0 Å². The molecule has 98 valence electrons. The van der Waals surface area contributed by atoms with Gasteiger partial charge in [-0.05, 0) is 36.6 Å². The number of nitrogens with one attached hydrogen (secondary N) is 1. The molecule has 2 rings (SSSR count). The van der Waals surface area contributed by atoms with E-state index in [1.807, 2.05) is 11.3 Å². The predicted octanol–water partition coefficient (Wildman–Crippen LogP) is 4.37. The van der Waals surface area contributed by atoms with E-state index in [0.29, 0.717) is 12.1 Å². The first kappa shape index (κ1) is 13.6. The van der Waals surface area contributed by atoms with Gasteiger partial charge in [-0.3, -0.25) is 0 Å². The van der Waals surface area contributed by atoms with E-state index in [1.165, 1.54) is 30.6 Å². The van der Waals surface area contributed by atoms with E-state index in [0.717, 1.165) is 18.8 Å². The van der Waals surface area contributed by atoms with Crippen LogP contribution < -0.4 is 5.32 Å². The van der Waals surface area contributed by atoms with Crippen LogP contribution in [0.2, 0.25) is 0 Å². The molecule has 0 bridgehead atoms. The molecule has 0 amide bonds. The molecule has 1 aliphatic rings. The van der Waals surface area contributed by atoms with Gasteiger partial charge >= 0.3 is 0 Å². The summed E-state index contributed by atoms with van der Waals surface area (Å²) in [4.78, 5) is 1.48. The number of terminal acetylenes is 1. The molecule has 2 heteroatoms. The van der Waals surface area contributed by atoms with E-state index in [-0.39, 0.29) is 0 Å². The number of hydrogen-bond donors (Lipinski definition) is 1. The Morgan fingerprint density at radius 3 is 2.83 bits per heavy atom. The first-order chi connectivity index (χ1) is 8.85. The Morgan fingerprint density at radius 1 is 1.50 bits per heavy atom. The van der Waals surface area contributed by atoms with Gasteiger partial charge < -0.3 is 5.32 Å². The van der Waals surface area contributed by atoms with Crippen LogP contribution in [0.1, 0.15) is 56.4 Å². The summed E-state index contributed by atoms with van der Waals surface area (Å²) in [5.41, 5.74) is 0. The van der Waals surface area contributed by atoms with Gasteiger partial charge in [0, 0.05) is 23.4 Å². The van der Waals surface area contributed by atoms with Crippen LogP contribution in [0.15, 0.2) is 17.5 Å². The molecule has 0 saturated heterocycles. The summed E-state index contributed by atoms with van der Waals surface area (Å²) in [6.45, 7) is 2.22. The van der Waals surface area contributed by atoms with Gasteiger partial charge in [0.1, 0.15) is 0 Å². The van der Waals surface area contributed by atoms with E-state index in [1.54, 1.807) is 0 Å². The lowest BCUT2D eigenvalue weighted by Gasteiger charge is -2.28. The van der Waals surface area contributed by atoms with Crippen molar-refractivity contribution in [1.29, 1.82) is 0 Å². The zero-order chi connectivity index (χ0) is 12.8. The van der Waals surface area contributed by atoms with E-state index in [9.17, 15) is 0 Å². The summed E-state index contributed by atoms with van der Waals surface area (Å²) in [6.07, 6.45) is 12.9. The van der Waals surface area contributed by atoms with Crippen LogP contribution in [0.5, 0.6) is 0 Å². The molecule has 1 N–H and O–H groups in total. The van der Waals surface area contributed by atoms with E-state index in [4.69, 9.17) is 6.42 Å². The third-order valence-electron chi connectivity index (χ3n) is 3.99. The molecule has 1 aromatic rings. The van der Waals surface area contributed by atoms with Gasteiger partial charge in [-0.25, -0.2) is 0 Å². The first-order valence-electron chi connectivity index (χ1n) is 7.08. The molecule has 0 aliphatic heterocycles. The third-order valence-corrected chi connectivity index (χ3v) is 4.95. The first-order valence-corrected chi connectivity index (χ1v) is 7.96. The van der Waals surface area contributed by atoms with Gasteiger partial charge in [0.2, 0.25) is 0 Å². The molecule has 0 aromatic carbocycles. The Morgan fingerprint density at radius 2 is 2.28 bits per heavy atom. The van der Waals surface area contributed by atoms with Crippen molar-refractivity contribution in [2.24, 2.45) is 5.92 Å². The van der Waals surface area contributed by atoms with Crippen molar-refractivity contribution >= 4 is 11.3 Å². The molecule has 1 heterocycles. The fourth-order valence-electron chi connectivity index (χ4n) is 2.93. The van der Waals surface area contributed by atoms with Crippen LogP contribution in [0.4, 0.5) is 0 Å². The van der Waals surface area contributed by atoms with Gasteiger partial charge in [-0.1, -0.05) is 25.8 Å². The molecule has 1 aromatic heterocycles. The fraction of sp³-hybridized carbons (Fsp3) is 0.625. The highest BCUT2D eigenvalue weighted by Crippen LogP contribution is 2.37. The molecule has 2 unspecified atom stereocenters. The zero-order valence-corrected chi connectivity index (χ0v) is 12.0. The molecule has 18 heavy (non-hydrogen) atoms. The van der Waals surface area contributed by atoms with Crippen LogP contribution in [-0.4, -0.2) is 6.04 Å². The van der Waals surface area contributed by atoms with Crippen LogP contribution in [0.3, 0.4) is 0 Å². The second kappa shape index (κ2) is 6.97. The van der Waals surface area contributed by atoms with Gasteiger partial charge in [0.15, 0.2) is 0 Å². The maximum Gasteiger partial charge on any atom is 0.0445 e. The SMILES string of the molecule is C#CCC(CC)NC(c1cccs1)C1CCCC1. The lowest BCUT2D eigenvalue weighted by atomic mass is 9.95. The van der Waals surface area contributed by atoms with E-state index in [2.05, 4.69) is 35.7 Å². The van der Waals surface area contributed by atoms with Crippen LogP contribution >= 0.6 is 11.3 Å². The number of hydrogen-bond acceptors (Lipinski definition) is 2. The Labute approximate surface area is 115 Å². The molecular formula is C16H23NS. The van der Waals surface area contributed by atoms with Gasteiger partial charge in [-0.2, -0.15) is 0 Å². The highest BCUT2D eigenvalue weighted by Gasteiger charge is 2.28. The second-order valence-electron chi connectivity index (χ2n) is 5.22. The third kappa shape index (κ3) is 3.37. The quantitative estimate of drug-likeness (QED) is 0.750. The Balaban J connectivity index is 2.07. The van der Waals surface area contributed by atoms with Gasteiger partial charge in [0.25, 0.3) is 0 Å². The van der Waals surface area contributed by atoms with Gasteiger partial charge in [0.05, 0.1) is 0 Å². The molecule has 1 saturated carbocycles. The van der Waals surface area contributed by atoms with Crippen LogP contribution in [-0.2, 0) is 0 Å². The lowest BCUT2D eigenvalue weighted by molar-refractivity contribution is 0.328. The van der Waals surface area contributed by atoms with Crippen molar-refractivity contribution in [3.05, 3.63) is 22.4 Å². The minimum Gasteiger partial charge on any atom is -0.305 e. The van der Waals surface area contributed by atoms with Crippen LogP contribution in [0.25, 0.3) is 0 Å². The summed E-state index contributed by atoms with van der Waals surface area (Å²) in [5, 5.41) is 6.00. The molecule has 0 radical (unpaired) electrons. The Hall–Kier alpha value is -0.780. The normalized spacial score (nSPS) is 19.6. The predicted molar refractivity (Wildman–Crippen MR) is 79.7 cm³/mol. The second-order valence-corrected chi connectivity index (χ2v) is 6.20. The van der Waals surface area contributed by atoms with Crippen LogP contribution in [0, 0.1) is 18.3 Å². The van der Waals surface area contributed by atoms with E-state index >= 15 is 0 Å². The molecule has 0 spiro atoms. The summed E-state index contributed by atoms with van der Waals surface area (Å²) < 4.78 is 0. The highest BCUT2D eigenvalue weighted by atomic mass is 32.1. The summed E-state index contributed by atoms with van der Waals surface area (Å²) in [5.74, 6) is 3.60. The van der Waals surface area contributed by atoms with Crippen molar-refractivity contribution in [1.82, 2.24) is 5.32 Å². The minimum absolute atomic E-state index is 0.461. The molecule has 2 atom stereocenters. The van der Waals surface area contributed by atoms with Crippen molar-refractivity contribution in [2.45, 2.75) is 57.5 Å². The highest BCUT2D eigenvalue weighted by molar-refractivity contribution is 7.10. The fourth-order valence-corrected chi connectivity index (χ4v) is 3.81. The molecular weight excluding hydrogens is 238 g/mol. The van der Waals surface area contributed by atoms with Crippen molar-refractivity contribution < 1.29 is 0 Å². The Kier molecular flexibility index (Phi) is 5.28. The maximum atomic E-state index is 5.47. The Bertz CT molecular complexity index is 370. The largest absolute Gasteiger partial charge is 0.305 e. The van der Waals surface area contributed by atoms with Gasteiger partial charge in [-0.15, -0.1) is 23.7 Å². The summed E-state index contributed by atoms with van der Waals surface area (Å²) in [6, 6.07) is 5.41. The lowest BCUT2D eigenvalue weighted by Crippen LogP contribution is -2.35. The maximum absolute atomic E-state index is 5.47. The standard InChI is InChI=1S/C16H23NS/c1-3-8-14(4-2)17-16(13-9-5-6-10-13)15-11-7-12-18-15/h1,7,11-14,16-17H,4-6,8-10H2,2H3. The number of rotatable bonds is 6. The molecule has 1 nitrogen and oxygen atoms in total. The monoisotopic (exact) mass is 261 g/mol. The van der Waals surface area contributed by atoms with Crippen molar-refractivity contribution in [3.8, 4) is 12.3 Å². The molecule has 1 fully saturated rings.